The Morgan fingerprint density at radius 1 is 1.22 bits per heavy atom. The van der Waals surface area contributed by atoms with Gasteiger partial charge in [0, 0.05) is 24.9 Å². The molecule has 2 aromatic heterocycles. The van der Waals surface area contributed by atoms with E-state index in [9.17, 15) is 43.9 Å². The number of Topliss-reactive ketones (excluding diaryl/α,β-unsaturated/α-hetero) is 1. The zero-order chi connectivity index (χ0) is 40.1. The van der Waals surface area contributed by atoms with Crippen LogP contribution in [0.15, 0.2) is 52.9 Å². The number of carboxylic acid groups (broad SMARTS) is 2. The molecule has 3 aliphatic rings. The molecular formula is C30H31ClN11O11S2+. The Kier molecular flexibility index (Phi) is 12.3. The third-order valence-corrected chi connectivity index (χ3v) is 10.2. The molecule has 1 saturated heterocycles. The summed E-state index contributed by atoms with van der Waals surface area (Å²) in [5.41, 5.74) is 11.0. The molecule has 10 N–H and O–H groups in total. The summed E-state index contributed by atoms with van der Waals surface area (Å²) in [6.45, 7) is 0.926. The number of oxime groups is 1. The van der Waals surface area contributed by atoms with Gasteiger partial charge in [-0.05, 0) is 23.6 Å². The van der Waals surface area contributed by atoms with E-state index < -0.39 is 71.0 Å². The smallest absolute Gasteiger partial charge is 0.352 e. The molecule has 55 heavy (non-hydrogen) atoms. The van der Waals surface area contributed by atoms with Crippen LogP contribution in [0.4, 0.5) is 16.6 Å². The van der Waals surface area contributed by atoms with Crippen molar-refractivity contribution in [2.45, 2.75) is 31.0 Å². The Hall–Kier alpha value is -6.11. The van der Waals surface area contributed by atoms with Crippen molar-refractivity contribution in [3.63, 3.8) is 0 Å². The highest BCUT2D eigenvalue weighted by Crippen LogP contribution is 2.41. The minimum absolute atomic E-state index is 0.0185. The molecule has 5 heterocycles. The number of halogens is 1. The van der Waals surface area contributed by atoms with Crippen molar-refractivity contribution in [1.29, 1.82) is 0 Å². The van der Waals surface area contributed by atoms with Crippen molar-refractivity contribution in [1.82, 2.24) is 30.6 Å². The Bertz CT molecular complexity index is 2100. The molecule has 5 rings (SSSR count). The maximum absolute atomic E-state index is 13.3. The Balaban J connectivity index is 1.21. The van der Waals surface area contributed by atoms with Crippen LogP contribution in [0, 0.1) is 0 Å². The van der Waals surface area contributed by atoms with Crippen LogP contribution in [0.2, 0.25) is 4.34 Å². The van der Waals surface area contributed by atoms with Gasteiger partial charge in [0.15, 0.2) is 10.8 Å². The predicted molar refractivity (Wildman–Crippen MR) is 192 cm³/mol. The summed E-state index contributed by atoms with van der Waals surface area (Å²) in [4.78, 5) is 99.5. The largest absolute Gasteiger partial charge is 0.478 e. The molecule has 0 aliphatic carbocycles. The molecule has 0 unspecified atom stereocenters. The first-order valence-electron chi connectivity index (χ1n) is 15.8. The quantitative estimate of drug-likeness (QED) is 0.0243. The van der Waals surface area contributed by atoms with Gasteiger partial charge in [0.2, 0.25) is 17.7 Å². The van der Waals surface area contributed by atoms with Crippen LogP contribution < -0.4 is 32.0 Å². The maximum Gasteiger partial charge on any atom is 0.352 e. The number of nitrogen functional groups attached to an aromatic ring is 2. The lowest BCUT2D eigenvalue weighted by Gasteiger charge is -2.49. The lowest BCUT2D eigenvalue weighted by molar-refractivity contribution is -0.689. The molecule has 22 nitrogen and oxygen atoms in total. The molecule has 3 aliphatic heterocycles. The molecule has 3 amide bonds. The van der Waals surface area contributed by atoms with E-state index in [1.807, 2.05) is 0 Å². The molecule has 0 aromatic carbocycles. The average Bonchev–Trinajstić information content (AvgIpc) is 3.47. The van der Waals surface area contributed by atoms with E-state index in [0.29, 0.717) is 16.3 Å². The van der Waals surface area contributed by atoms with Crippen LogP contribution in [-0.4, -0.2) is 125 Å². The highest BCUT2D eigenvalue weighted by Gasteiger charge is 2.54. The van der Waals surface area contributed by atoms with Gasteiger partial charge in [-0.15, -0.1) is 11.8 Å². The molecule has 3 atom stereocenters. The van der Waals surface area contributed by atoms with E-state index in [0.717, 1.165) is 22.3 Å². The summed E-state index contributed by atoms with van der Waals surface area (Å²) >= 11 is 8.17. The minimum Gasteiger partial charge on any atom is -0.478 e. The van der Waals surface area contributed by atoms with Gasteiger partial charge < -0.3 is 42.5 Å². The third kappa shape index (κ3) is 8.99. The van der Waals surface area contributed by atoms with Crippen molar-refractivity contribution in [3.8, 4) is 0 Å². The average molecular weight is 821 g/mol. The maximum atomic E-state index is 13.3. The fourth-order valence-corrected chi connectivity index (χ4v) is 7.31. The van der Waals surface area contributed by atoms with E-state index in [1.54, 1.807) is 22.9 Å². The number of nitrogens with zero attached hydrogens (tertiary/aromatic N) is 6. The van der Waals surface area contributed by atoms with E-state index in [-0.39, 0.29) is 57.8 Å². The molecule has 0 bridgehead atoms. The number of ketones is 2. The van der Waals surface area contributed by atoms with E-state index in [1.165, 1.54) is 25.0 Å². The van der Waals surface area contributed by atoms with Crippen molar-refractivity contribution >= 4 is 98.3 Å². The van der Waals surface area contributed by atoms with E-state index in [2.05, 4.69) is 31.1 Å². The number of carboxylic acids is 2. The second kappa shape index (κ2) is 16.9. The zero-order valence-corrected chi connectivity index (χ0v) is 30.7. The lowest BCUT2D eigenvalue weighted by atomic mass is 10.0. The van der Waals surface area contributed by atoms with E-state index in [4.69, 9.17) is 33.0 Å². The highest BCUT2D eigenvalue weighted by molar-refractivity contribution is 8.00. The Labute approximate surface area is 322 Å². The van der Waals surface area contributed by atoms with Gasteiger partial charge in [-0.1, -0.05) is 34.2 Å². The van der Waals surface area contributed by atoms with Gasteiger partial charge in [-0.3, -0.25) is 34.1 Å². The van der Waals surface area contributed by atoms with Gasteiger partial charge in [-0.25, -0.2) is 24.2 Å². The summed E-state index contributed by atoms with van der Waals surface area (Å²) in [6, 6.07) is -1.19. The number of hydrogen-bond donors (Lipinski definition) is 8. The number of thioether (sulfide) groups is 1. The monoisotopic (exact) mass is 820 g/mol. The number of hydroxylamine groups is 2. The molecule has 25 heteroatoms. The normalized spacial score (nSPS) is 19.1. The predicted octanol–water partition coefficient (Wildman–Crippen LogP) is -1.91. The van der Waals surface area contributed by atoms with Gasteiger partial charge in [-0.2, -0.15) is 0 Å². The molecule has 290 valence electrons. The lowest BCUT2D eigenvalue weighted by Crippen LogP contribution is -2.71. The fourth-order valence-electron chi connectivity index (χ4n) is 5.06. The van der Waals surface area contributed by atoms with Crippen LogP contribution in [-0.2, 0) is 44.9 Å². The Morgan fingerprint density at radius 3 is 2.64 bits per heavy atom. The molecule has 1 fully saturated rings. The van der Waals surface area contributed by atoms with Gasteiger partial charge in [0.25, 0.3) is 29.9 Å². The summed E-state index contributed by atoms with van der Waals surface area (Å²) in [5.74, 6) is -6.70. The van der Waals surface area contributed by atoms with Gasteiger partial charge in [0.1, 0.15) is 57.8 Å². The number of thiazole rings is 1. The minimum atomic E-state index is -1.45. The van der Waals surface area contributed by atoms with Crippen molar-refractivity contribution < 1.29 is 58.4 Å². The number of β-lactam (4-membered cyclic amide) rings is 1. The highest BCUT2D eigenvalue weighted by atomic mass is 35.5. The number of nitrogens with two attached hydrogens (primary N) is 2. The molecular weight excluding hydrogens is 790 g/mol. The topological polar surface area (TPSA) is 326 Å². The number of fused-ring (bicyclic) bond motifs is 1. The Morgan fingerprint density at radius 2 is 1.96 bits per heavy atom. The molecule has 0 spiro atoms. The van der Waals surface area contributed by atoms with Crippen LogP contribution in [0.25, 0.3) is 0 Å². The number of carbonyl (C=O) groups excluding carboxylic acids is 5. The standard InChI is InChI=1S/C30H30ClN11O11S2/c1-12(28(48)49)53-39-19(18-22(31)55-30(33)38-18)25(46)37-20-26(47)42-21(29(50)51)13(10-54-27(20)42)3-2-6-40-8-14(23(32)36-11-40)34-4-5-35-24(45)15-7-16(43)17(44)9-41(15)52/h2-3,7-8,11-12,20,27,32,34,52H,4-6,9-10H2,1H3,(H6,33,35,37,38,45,46,48,49,50,51)/p+1/b3-2+,39-19-/t12-,20+,27+/m0/s1. The summed E-state index contributed by atoms with van der Waals surface area (Å²) in [7, 11) is 0. The number of allylic oxidation sites excluding steroid dienone is 3. The first kappa shape index (κ1) is 40.1. The molecule has 0 radical (unpaired) electrons. The fraction of sp³-hybridized carbons (Fsp3) is 0.300. The number of carbonyl (C=O) groups is 7. The second-order valence-corrected chi connectivity index (χ2v) is 14.3. The number of aromatic nitrogens is 3. The molecule has 0 saturated carbocycles. The van der Waals surface area contributed by atoms with Gasteiger partial charge in [0.05, 0.1) is 0 Å². The van der Waals surface area contributed by atoms with Crippen LogP contribution in [0.3, 0.4) is 0 Å². The number of amides is 3. The zero-order valence-electron chi connectivity index (χ0n) is 28.3. The number of anilines is 3. The summed E-state index contributed by atoms with van der Waals surface area (Å²) < 4.78 is 1.57. The van der Waals surface area contributed by atoms with E-state index >= 15 is 0 Å². The van der Waals surface area contributed by atoms with Crippen molar-refractivity contribution in [2.24, 2.45) is 5.16 Å². The van der Waals surface area contributed by atoms with Crippen molar-refractivity contribution in [3.05, 3.63) is 57.7 Å². The second-order valence-electron chi connectivity index (χ2n) is 11.6. The third-order valence-electron chi connectivity index (χ3n) is 7.80. The van der Waals surface area contributed by atoms with Crippen molar-refractivity contribution in [2.75, 3.05) is 42.2 Å². The number of rotatable bonds is 15. The van der Waals surface area contributed by atoms with Crippen LogP contribution in [0.1, 0.15) is 12.6 Å². The van der Waals surface area contributed by atoms with Gasteiger partial charge >= 0.3 is 11.9 Å². The van der Waals surface area contributed by atoms with Crippen LogP contribution >= 0.6 is 34.7 Å². The number of aliphatic carboxylic acids is 2. The number of hydrogen-bond acceptors (Lipinski definition) is 18. The number of nitrogens with one attached hydrogen (secondary N) is 3. The first-order valence-corrected chi connectivity index (χ1v) is 18.0. The summed E-state index contributed by atoms with van der Waals surface area (Å²) in [5, 5.41) is 40.2. The SMILES string of the molecule is C[C@H](O/N=C(\C(=O)N[C@@H]1C(=O)N2C(C(=O)O)=C(/C=C/C[n+]3cnc(N)c(NCCNC(=O)C4=CC(=O)C(=O)CN4O)c3)CS[C@H]12)c1nc(N)sc1Cl)C(=O)O. The first-order chi connectivity index (χ1) is 26.1. The summed E-state index contributed by atoms with van der Waals surface area (Å²) in [6.07, 6.45) is 5.52. The molecule has 2 aromatic rings. The van der Waals surface area contributed by atoms with Crippen LogP contribution in [0.5, 0.6) is 0 Å².